The number of hydrazone groups is 1. The fraction of sp³-hybridized carbons (Fsp3) is 0.227. The zero-order valence-corrected chi connectivity index (χ0v) is 16.7. The molecule has 148 valence electrons. The molecule has 0 unspecified atom stereocenters. The molecule has 0 spiro atoms. The average molecular weight is 407 g/mol. The Hall–Kier alpha value is -3.19. The van der Waals surface area contributed by atoms with Gasteiger partial charge < -0.3 is 10.0 Å². The molecule has 7 heteroatoms. The summed E-state index contributed by atoms with van der Waals surface area (Å²) >= 11 is 1.52. The number of benzene rings is 2. The molecular formula is C22H22N4O2S. The second kappa shape index (κ2) is 8.87. The average Bonchev–Trinajstić information content (AvgIpc) is 3.24. The quantitative estimate of drug-likeness (QED) is 0.464. The molecule has 3 aromatic rings. The number of hydrogen-bond donors (Lipinski definition) is 2. The van der Waals surface area contributed by atoms with Crippen molar-refractivity contribution in [1.29, 1.82) is 0 Å². The lowest BCUT2D eigenvalue weighted by Crippen LogP contribution is -2.36. The molecule has 0 saturated carbocycles. The number of aromatic nitrogens is 1. The minimum absolute atomic E-state index is 0.211. The molecule has 4 rings (SSSR count). The Kier molecular flexibility index (Phi) is 5.86. The van der Waals surface area contributed by atoms with Crippen LogP contribution >= 0.6 is 11.3 Å². The molecule has 1 aliphatic rings. The van der Waals surface area contributed by atoms with Gasteiger partial charge in [0.25, 0.3) is 0 Å². The van der Waals surface area contributed by atoms with Crippen molar-refractivity contribution in [3.63, 3.8) is 0 Å². The van der Waals surface area contributed by atoms with Gasteiger partial charge in [-0.25, -0.2) is 4.98 Å². The van der Waals surface area contributed by atoms with E-state index in [9.17, 15) is 4.79 Å². The number of anilines is 2. The van der Waals surface area contributed by atoms with Crippen molar-refractivity contribution in [1.82, 2.24) is 4.98 Å². The molecule has 6 nitrogen and oxygen atoms in total. The van der Waals surface area contributed by atoms with Gasteiger partial charge >= 0.3 is 5.97 Å². The first-order valence-corrected chi connectivity index (χ1v) is 10.4. The first-order valence-electron chi connectivity index (χ1n) is 9.57. The van der Waals surface area contributed by atoms with Gasteiger partial charge in [0, 0.05) is 29.7 Å². The number of carboxylic acids is 1. The Labute approximate surface area is 173 Å². The largest absolute Gasteiger partial charge is 0.481 e. The Morgan fingerprint density at radius 1 is 1.14 bits per heavy atom. The zero-order chi connectivity index (χ0) is 20.1. The van der Waals surface area contributed by atoms with E-state index in [4.69, 9.17) is 5.11 Å². The Morgan fingerprint density at radius 2 is 1.86 bits per heavy atom. The fourth-order valence-corrected chi connectivity index (χ4v) is 4.05. The number of nitrogens with one attached hydrogen (secondary N) is 1. The smallest absolute Gasteiger partial charge is 0.306 e. The van der Waals surface area contributed by atoms with Crippen LogP contribution in [0.2, 0.25) is 0 Å². The van der Waals surface area contributed by atoms with E-state index in [1.54, 1.807) is 6.21 Å². The summed E-state index contributed by atoms with van der Waals surface area (Å²) in [6.45, 7) is 1.56. The van der Waals surface area contributed by atoms with Gasteiger partial charge in [0.15, 0.2) is 0 Å². The molecule has 1 aromatic heterocycles. The van der Waals surface area contributed by atoms with Gasteiger partial charge in [0.1, 0.15) is 0 Å². The number of piperidine rings is 1. The highest BCUT2D eigenvalue weighted by molar-refractivity contribution is 7.14. The van der Waals surface area contributed by atoms with Crippen molar-refractivity contribution >= 4 is 34.3 Å². The minimum atomic E-state index is -0.681. The molecule has 1 fully saturated rings. The summed E-state index contributed by atoms with van der Waals surface area (Å²) in [7, 11) is 0. The van der Waals surface area contributed by atoms with E-state index in [-0.39, 0.29) is 5.92 Å². The fourth-order valence-electron chi connectivity index (χ4n) is 3.38. The SMILES string of the molecule is O=C(O)C1CCN(c2ccc(C=NNc3nc(-c4ccccc4)cs3)cc2)CC1. The van der Waals surface area contributed by atoms with E-state index in [1.165, 1.54) is 11.3 Å². The van der Waals surface area contributed by atoms with Gasteiger partial charge in [-0.3, -0.25) is 10.2 Å². The Balaban J connectivity index is 1.32. The standard InChI is InChI=1S/C22H22N4O2S/c27-21(28)18-10-12-26(13-11-18)19-8-6-16(7-9-19)14-23-25-22-24-20(15-29-22)17-4-2-1-3-5-17/h1-9,14-15,18H,10-13H2,(H,24,25)(H,27,28). The summed E-state index contributed by atoms with van der Waals surface area (Å²) in [5.41, 5.74) is 7.11. The molecule has 2 N–H and O–H groups in total. The molecule has 0 amide bonds. The number of hydrogen-bond acceptors (Lipinski definition) is 6. The monoisotopic (exact) mass is 406 g/mol. The van der Waals surface area contributed by atoms with Crippen LogP contribution in [0.5, 0.6) is 0 Å². The van der Waals surface area contributed by atoms with Crippen molar-refractivity contribution < 1.29 is 9.90 Å². The van der Waals surface area contributed by atoms with Crippen LogP contribution in [0.25, 0.3) is 11.3 Å². The molecule has 0 aliphatic carbocycles. The van der Waals surface area contributed by atoms with E-state index in [1.807, 2.05) is 47.8 Å². The van der Waals surface area contributed by atoms with Crippen molar-refractivity contribution in [3.8, 4) is 11.3 Å². The highest BCUT2D eigenvalue weighted by Gasteiger charge is 2.24. The number of thiazole rings is 1. The second-order valence-electron chi connectivity index (χ2n) is 6.97. The lowest BCUT2D eigenvalue weighted by molar-refractivity contribution is -0.142. The van der Waals surface area contributed by atoms with E-state index in [0.717, 1.165) is 40.7 Å². The first kappa shape index (κ1) is 19.1. The predicted molar refractivity (Wildman–Crippen MR) is 118 cm³/mol. The van der Waals surface area contributed by atoms with E-state index in [2.05, 4.69) is 32.5 Å². The van der Waals surface area contributed by atoms with Crippen molar-refractivity contribution in [3.05, 3.63) is 65.5 Å². The maximum absolute atomic E-state index is 11.1. The van der Waals surface area contributed by atoms with Crippen molar-refractivity contribution in [2.24, 2.45) is 11.0 Å². The van der Waals surface area contributed by atoms with Gasteiger partial charge in [0.2, 0.25) is 5.13 Å². The highest BCUT2D eigenvalue weighted by atomic mass is 32.1. The van der Waals surface area contributed by atoms with Crippen LogP contribution in [0.1, 0.15) is 18.4 Å². The third-order valence-electron chi connectivity index (χ3n) is 5.05. The number of nitrogens with zero attached hydrogens (tertiary/aromatic N) is 3. The maximum Gasteiger partial charge on any atom is 0.306 e. The van der Waals surface area contributed by atoms with Crippen LogP contribution in [0.4, 0.5) is 10.8 Å². The molecule has 2 aromatic carbocycles. The first-order chi connectivity index (χ1) is 14.2. The predicted octanol–water partition coefficient (Wildman–Crippen LogP) is 4.56. The van der Waals surface area contributed by atoms with Crippen LogP contribution in [-0.4, -0.2) is 35.4 Å². The Bertz CT molecular complexity index is 978. The molecule has 1 saturated heterocycles. The van der Waals surface area contributed by atoms with E-state index in [0.29, 0.717) is 12.8 Å². The number of carboxylic acid groups (broad SMARTS) is 1. The van der Waals surface area contributed by atoms with Gasteiger partial charge in [-0.1, -0.05) is 42.5 Å². The molecule has 0 bridgehead atoms. The summed E-state index contributed by atoms with van der Waals surface area (Å²) in [5, 5.41) is 16.2. The lowest BCUT2D eigenvalue weighted by Gasteiger charge is -2.31. The summed E-state index contributed by atoms with van der Waals surface area (Å²) in [4.78, 5) is 17.9. The normalized spacial score (nSPS) is 15.0. The van der Waals surface area contributed by atoms with E-state index >= 15 is 0 Å². The van der Waals surface area contributed by atoms with Gasteiger partial charge in [-0.2, -0.15) is 5.10 Å². The van der Waals surface area contributed by atoms with Crippen molar-refractivity contribution in [2.75, 3.05) is 23.4 Å². The number of carbonyl (C=O) groups is 1. The third-order valence-corrected chi connectivity index (χ3v) is 5.80. The molecule has 29 heavy (non-hydrogen) atoms. The number of rotatable bonds is 6. The molecule has 2 heterocycles. The van der Waals surface area contributed by atoms with Crippen LogP contribution < -0.4 is 10.3 Å². The van der Waals surface area contributed by atoms with Crippen LogP contribution in [0, 0.1) is 5.92 Å². The zero-order valence-electron chi connectivity index (χ0n) is 15.9. The topological polar surface area (TPSA) is 77.8 Å². The van der Waals surface area contributed by atoms with Gasteiger partial charge in [-0.15, -0.1) is 11.3 Å². The molecule has 1 aliphatic heterocycles. The Morgan fingerprint density at radius 3 is 2.55 bits per heavy atom. The minimum Gasteiger partial charge on any atom is -0.481 e. The third kappa shape index (κ3) is 4.81. The summed E-state index contributed by atoms with van der Waals surface area (Å²) in [6.07, 6.45) is 3.16. The van der Waals surface area contributed by atoms with E-state index < -0.39 is 5.97 Å². The van der Waals surface area contributed by atoms with Crippen molar-refractivity contribution in [2.45, 2.75) is 12.8 Å². The van der Waals surface area contributed by atoms with Crippen LogP contribution in [0.15, 0.2) is 65.1 Å². The molecule has 0 radical (unpaired) electrons. The van der Waals surface area contributed by atoms with Gasteiger partial charge in [-0.05, 0) is 30.5 Å². The molecule has 0 atom stereocenters. The summed E-state index contributed by atoms with van der Waals surface area (Å²) in [5.74, 6) is -0.892. The number of aliphatic carboxylic acids is 1. The lowest BCUT2D eigenvalue weighted by atomic mass is 9.96. The summed E-state index contributed by atoms with van der Waals surface area (Å²) in [6, 6.07) is 18.2. The maximum atomic E-state index is 11.1. The highest BCUT2D eigenvalue weighted by Crippen LogP contribution is 2.25. The summed E-state index contributed by atoms with van der Waals surface area (Å²) < 4.78 is 0. The second-order valence-corrected chi connectivity index (χ2v) is 7.82. The van der Waals surface area contributed by atoms with Crippen LogP contribution in [0.3, 0.4) is 0 Å². The van der Waals surface area contributed by atoms with Gasteiger partial charge in [0.05, 0.1) is 17.8 Å². The van der Waals surface area contributed by atoms with Crippen LogP contribution in [-0.2, 0) is 4.79 Å². The molecular weight excluding hydrogens is 384 g/mol.